The molecule has 0 aromatic carbocycles. The number of allylic oxidation sites excluding steroid dienone is 1. The minimum Gasteiger partial charge on any atom is -0.393 e. The van der Waals surface area contributed by atoms with Crippen molar-refractivity contribution in [2.24, 2.45) is 28.6 Å². The summed E-state index contributed by atoms with van der Waals surface area (Å²) in [4.78, 5) is 0. The van der Waals surface area contributed by atoms with Crippen molar-refractivity contribution in [2.75, 3.05) is 13.2 Å². The number of hydrogen-bond donors (Lipinski definition) is 1. The second-order valence-corrected chi connectivity index (χ2v) is 9.65. The Hall–Kier alpha value is -0.380. The van der Waals surface area contributed by atoms with Crippen LogP contribution in [0.1, 0.15) is 65.2 Å². The van der Waals surface area contributed by atoms with Crippen molar-refractivity contribution in [3.63, 3.8) is 0 Å². The summed E-state index contributed by atoms with van der Waals surface area (Å²) in [5.41, 5.74) is 2.13. The van der Waals surface area contributed by atoms with Crippen LogP contribution in [0.3, 0.4) is 0 Å². The van der Waals surface area contributed by atoms with Crippen LogP contribution in [0.2, 0.25) is 0 Å². The van der Waals surface area contributed by atoms with E-state index >= 15 is 0 Å². The van der Waals surface area contributed by atoms with Crippen LogP contribution >= 0.6 is 0 Å². The Balaban J connectivity index is 1.47. The topological polar surface area (TPSA) is 38.7 Å². The molecule has 4 aliphatic carbocycles. The van der Waals surface area contributed by atoms with E-state index in [1.807, 2.05) is 0 Å². The van der Waals surface area contributed by atoms with Crippen molar-refractivity contribution in [2.45, 2.75) is 77.1 Å². The summed E-state index contributed by atoms with van der Waals surface area (Å²) >= 11 is 0. The molecule has 134 valence electrons. The van der Waals surface area contributed by atoms with E-state index in [1.54, 1.807) is 5.57 Å². The number of hydrogen-bond acceptors (Lipinski definition) is 3. The fourth-order valence-electron chi connectivity index (χ4n) is 7.35. The molecule has 1 heterocycles. The standard InChI is InChI=1S/C21H32O3/c1-19-9-10-21(23-11-12-24-21)13-14(19)3-4-15-16-5-6-18(22)20(16,2)8-7-17(15)19/h13,15-18,22H,3-12H2,1-2H3/t15-,16+,17-,18+,19-,20-/m1/s1. The van der Waals surface area contributed by atoms with Gasteiger partial charge in [0.25, 0.3) is 0 Å². The molecule has 5 rings (SSSR count). The average Bonchev–Trinajstić information content (AvgIpc) is 3.14. The molecule has 3 heteroatoms. The van der Waals surface area contributed by atoms with Crippen LogP contribution in [-0.2, 0) is 9.47 Å². The minimum absolute atomic E-state index is 0.0666. The van der Waals surface area contributed by atoms with E-state index in [-0.39, 0.29) is 11.5 Å². The van der Waals surface area contributed by atoms with Gasteiger partial charge in [-0.25, -0.2) is 0 Å². The number of rotatable bonds is 0. The first-order chi connectivity index (χ1) is 11.5. The second-order valence-electron chi connectivity index (χ2n) is 9.65. The van der Waals surface area contributed by atoms with E-state index in [4.69, 9.17) is 9.47 Å². The Morgan fingerprint density at radius 3 is 2.54 bits per heavy atom. The third-order valence-electron chi connectivity index (χ3n) is 8.85. The molecule has 0 radical (unpaired) electrons. The zero-order valence-corrected chi connectivity index (χ0v) is 15.2. The van der Waals surface area contributed by atoms with Gasteiger partial charge in [0, 0.05) is 6.42 Å². The summed E-state index contributed by atoms with van der Waals surface area (Å²) < 4.78 is 12.0. The van der Waals surface area contributed by atoms with Gasteiger partial charge in [-0.1, -0.05) is 19.4 Å². The van der Waals surface area contributed by atoms with E-state index in [0.717, 1.165) is 43.8 Å². The smallest absolute Gasteiger partial charge is 0.188 e. The average molecular weight is 332 g/mol. The van der Waals surface area contributed by atoms with Gasteiger partial charge in [0.2, 0.25) is 0 Å². The molecule has 3 nitrogen and oxygen atoms in total. The quantitative estimate of drug-likeness (QED) is 0.680. The lowest BCUT2D eigenvalue weighted by molar-refractivity contribution is -0.145. The molecule has 6 atom stereocenters. The van der Waals surface area contributed by atoms with E-state index in [2.05, 4.69) is 19.9 Å². The number of aliphatic hydroxyl groups excluding tert-OH is 1. The molecule has 24 heavy (non-hydrogen) atoms. The molecule has 0 unspecified atom stereocenters. The largest absolute Gasteiger partial charge is 0.393 e. The molecular weight excluding hydrogens is 300 g/mol. The van der Waals surface area contributed by atoms with Crippen LogP contribution < -0.4 is 0 Å². The van der Waals surface area contributed by atoms with E-state index in [9.17, 15) is 5.11 Å². The van der Waals surface area contributed by atoms with E-state index < -0.39 is 5.79 Å². The monoisotopic (exact) mass is 332 g/mol. The van der Waals surface area contributed by atoms with Gasteiger partial charge in [0.05, 0.1) is 19.3 Å². The van der Waals surface area contributed by atoms with Gasteiger partial charge in [0.15, 0.2) is 5.79 Å². The molecular formula is C21H32O3. The van der Waals surface area contributed by atoms with Crippen LogP contribution in [0.5, 0.6) is 0 Å². The maximum atomic E-state index is 10.6. The van der Waals surface area contributed by atoms with Gasteiger partial charge >= 0.3 is 0 Å². The van der Waals surface area contributed by atoms with Crippen molar-refractivity contribution < 1.29 is 14.6 Å². The first-order valence-corrected chi connectivity index (χ1v) is 10.2. The molecule has 0 amide bonds. The fraction of sp³-hybridized carbons (Fsp3) is 0.905. The van der Waals surface area contributed by atoms with Crippen LogP contribution in [0, 0.1) is 28.6 Å². The molecule has 0 aromatic rings. The van der Waals surface area contributed by atoms with Gasteiger partial charge in [-0.15, -0.1) is 0 Å². The first-order valence-electron chi connectivity index (χ1n) is 10.2. The van der Waals surface area contributed by atoms with Crippen molar-refractivity contribution >= 4 is 0 Å². The molecule has 3 saturated carbocycles. The molecule has 1 aliphatic heterocycles. The molecule has 0 aromatic heterocycles. The normalized spacial score (nSPS) is 52.5. The molecule has 1 saturated heterocycles. The van der Waals surface area contributed by atoms with Crippen molar-refractivity contribution in [3.8, 4) is 0 Å². The van der Waals surface area contributed by atoms with Crippen molar-refractivity contribution in [3.05, 3.63) is 11.6 Å². The highest BCUT2D eigenvalue weighted by molar-refractivity contribution is 5.27. The maximum Gasteiger partial charge on any atom is 0.188 e. The third-order valence-corrected chi connectivity index (χ3v) is 8.85. The third kappa shape index (κ3) is 1.95. The van der Waals surface area contributed by atoms with Gasteiger partial charge in [-0.2, -0.15) is 0 Å². The molecule has 5 aliphatic rings. The summed E-state index contributed by atoms with van der Waals surface area (Å²) in [6.45, 7) is 6.37. The lowest BCUT2D eigenvalue weighted by atomic mass is 9.47. The summed E-state index contributed by atoms with van der Waals surface area (Å²) in [5, 5.41) is 10.6. The highest BCUT2D eigenvalue weighted by Gasteiger charge is 2.59. The summed E-state index contributed by atoms with van der Waals surface area (Å²) in [7, 11) is 0. The fourth-order valence-corrected chi connectivity index (χ4v) is 7.35. The SMILES string of the molecule is C[C@@]12CC[C@@H]3[C@H](CCC4=CC5(CC[C@]43C)OCCO5)[C@@H]1CC[C@@H]2O. The molecule has 1 spiro atoms. The van der Waals surface area contributed by atoms with E-state index in [0.29, 0.717) is 5.41 Å². The van der Waals surface area contributed by atoms with Gasteiger partial charge in [0.1, 0.15) is 0 Å². The maximum absolute atomic E-state index is 10.6. The Morgan fingerprint density at radius 2 is 1.75 bits per heavy atom. The minimum atomic E-state index is -0.394. The number of fused-ring (bicyclic) bond motifs is 5. The lowest BCUT2D eigenvalue weighted by Crippen LogP contribution is -2.52. The van der Waals surface area contributed by atoms with Crippen molar-refractivity contribution in [1.82, 2.24) is 0 Å². The Morgan fingerprint density at radius 1 is 0.958 bits per heavy atom. The predicted molar refractivity (Wildman–Crippen MR) is 92.3 cm³/mol. The van der Waals surface area contributed by atoms with Gasteiger partial charge < -0.3 is 14.6 Å². The zero-order valence-electron chi connectivity index (χ0n) is 15.2. The lowest BCUT2D eigenvalue weighted by Gasteiger charge is -2.58. The zero-order chi connectivity index (χ0) is 16.6. The van der Waals surface area contributed by atoms with Crippen LogP contribution in [0.4, 0.5) is 0 Å². The molecule has 4 fully saturated rings. The van der Waals surface area contributed by atoms with Gasteiger partial charge in [-0.3, -0.25) is 0 Å². The van der Waals surface area contributed by atoms with Crippen LogP contribution in [-0.4, -0.2) is 30.2 Å². The highest BCUT2D eigenvalue weighted by Crippen LogP contribution is 2.66. The summed E-state index contributed by atoms with van der Waals surface area (Å²) in [6, 6.07) is 0. The van der Waals surface area contributed by atoms with Crippen LogP contribution in [0.15, 0.2) is 11.6 Å². The number of ether oxygens (including phenoxy) is 2. The number of aliphatic hydroxyl groups is 1. The molecule has 1 N–H and O–H groups in total. The summed E-state index contributed by atoms with van der Waals surface area (Å²) in [6.07, 6.45) is 11.8. The Kier molecular flexibility index (Phi) is 3.35. The van der Waals surface area contributed by atoms with Gasteiger partial charge in [-0.05, 0) is 79.6 Å². The van der Waals surface area contributed by atoms with Crippen LogP contribution in [0.25, 0.3) is 0 Å². The van der Waals surface area contributed by atoms with E-state index in [1.165, 1.54) is 38.5 Å². The van der Waals surface area contributed by atoms with Crippen molar-refractivity contribution in [1.29, 1.82) is 0 Å². The second kappa shape index (κ2) is 5.08. The highest BCUT2D eigenvalue weighted by atomic mass is 16.7. The Labute approximate surface area is 145 Å². The summed E-state index contributed by atoms with van der Waals surface area (Å²) in [5.74, 6) is 1.94. The Bertz CT molecular complexity index is 563. The molecule has 0 bridgehead atoms. The first kappa shape index (κ1) is 15.8. The predicted octanol–water partition coefficient (Wildman–Crippen LogP) is 4.05.